The number of thioether (sulfide) groups is 1. The highest BCUT2D eigenvalue weighted by Crippen LogP contribution is 2.32. The number of carboxylic acids is 1. The van der Waals surface area contributed by atoms with E-state index in [1.165, 1.54) is 12.1 Å². The Morgan fingerprint density at radius 1 is 1.46 bits per heavy atom. The predicted molar refractivity (Wildman–Crippen MR) is 54.0 cm³/mol. The van der Waals surface area contributed by atoms with Crippen LogP contribution in [0.5, 0.6) is 0 Å². The minimum absolute atomic E-state index is 0.275. The van der Waals surface area contributed by atoms with Crippen LogP contribution in [-0.2, 0) is 4.79 Å². The second-order valence-electron chi connectivity index (χ2n) is 2.40. The first-order chi connectivity index (χ1) is 8.52. The third-order valence-corrected chi connectivity index (χ3v) is 2.30. The van der Waals surface area contributed by atoms with E-state index >= 15 is 0 Å². The van der Waals surface area contributed by atoms with Gasteiger partial charge >= 0.3 is 5.97 Å². The molecule has 3 heteroatoms. The first kappa shape index (κ1) is 4.51. The van der Waals surface area contributed by atoms with Gasteiger partial charge in [-0.15, -0.1) is 11.8 Å². The van der Waals surface area contributed by atoms with E-state index in [0.29, 0.717) is 11.8 Å². The molecule has 1 N–H and O–H groups in total. The van der Waals surface area contributed by atoms with Gasteiger partial charge in [-0.2, -0.15) is 0 Å². The summed E-state index contributed by atoms with van der Waals surface area (Å²) in [5, 5.41) is 9.22. The Labute approximate surface area is 90.4 Å². The Morgan fingerprint density at radius 3 is 2.54 bits per heavy atom. The summed E-state index contributed by atoms with van der Waals surface area (Å²) in [4.78, 5) is 11.7. The van der Waals surface area contributed by atoms with Crippen molar-refractivity contribution in [3.63, 3.8) is 0 Å². The molecule has 70 valence electrons. The van der Waals surface area contributed by atoms with Gasteiger partial charge in [0.2, 0.25) is 0 Å². The Balaban J connectivity index is 3.38. The molecular formula is C10H12O2S. The van der Waals surface area contributed by atoms with E-state index in [4.69, 9.17) is 8.22 Å². The molecule has 1 rings (SSSR count). The highest BCUT2D eigenvalue weighted by Gasteiger charge is 2.28. The average molecular weight is 202 g/mol. The smallest absolute Gasteiger partial charge is 0.319 e. The number of rotatable bonds is 3. The van der Waals surface area contributed by atoms with E-state index in [2.05, 4.69) is 0 Å². The minimum Gasteiger partial charge on any atom is -0.480 e. The van der Waals surface area contributed by atoms with Gasteiger partial charge in [0.15, 0.2) is 0 Å². The Morgan fingerprint density at radius 2 is 2.08 bits per heavy atom. The van der Waals surface area contributed by atoms with Crippen LogP contribution in [0.1, 0.15) is 21.9 Å². The molecule has 1 aromatic rings. The van der Waals surface area contributed by atoms with Crippen molar-refractivity contribution < 1.29 is 18.1 Å². The Kier molecular flexibility index (Phi) is 1.33. The van der Waals surface area contributed by atoms with Gasteiger partial charge in [0.1, 0.15) is 4.75 Å². The molecule has 0 amide bonds. The Bertz CT molecular complexity index is 439. The van der Waals surface area contributed by atoms with Crippen LogP contribution in [0.3, 0.4) is 0 Å². The van der Waals surface area contributed by atoms with E-state index in [9.17, 15) is 9.90 Å². The lowest BCUT2D eigenvalue weighted by Crippen LogP contribution is -2.26. The Hall–Kier alpha value is -0.960. The van der Waals surface area contributed by atoms with Gasteiger partial charge in [-0.25, -0.2) is 0 Å². The van der Waals surface area contributed by atoms with Crippen molar-refractivity contribution in [2.45, 2.75) is 23.3 Å². The zero-order valence-corrected chi connectivity index (χ0v) is 7.47. The topological polar surface area (TPSA) is 37.3 Å². The molecule has 0 spiro atoms. The normalized spacial score (nSPS) is 20.0. The van der Waals surface area contributed by atoms with E-state index < -0.39 is 24.4 Å². The third kappa shape index (κ3) is 2.77. The molecule has 0 saturated carbocycles. The summed E-state index contributed by atoms with van der Waals surface area (Å²) in [6.45, 7) is -6.35. The van der Waals surface area contributed by atoms with Gasteiger partial charge in [-0.1, -0.05) is 18.2 Å². The van der Waals surface area contributed by atoms with E-state index in [1.54, 1.807) is 18.2 Å². The van der Waals surface area contributed by atoms with Crippen molar-refractivity contribution in [3.05, 3.63) is 30.3 Å². The van der Waals surface area contributed by atoms with Crippen LogP contribution in [0.2, 0.25) is 0 Å². The van der Waals surface area contributed by atoms with Gasteiger partial charge in [-0.05, 0) is 25.8 Å². The molecule has 0 aliphatic rings. The van der Waals surface area contributed by atoms with Crippen LogP contribution in [0.25, 0.3) is 0 Å². The van der Waals surface area contributed by atoms with Crippen LogP contribution in [0.15, 0.2) is 35.2 Å². The fraction of sp³-hybridized carbons (Fsp3) is 0.300. The average Bonchev–Trinajstić information content (AvgIpc) is 2.23. The van der Waals surface area contributed by atoms with Crippen molar-refractivity contribution in [2.75, 3.05) is 0 Å². The predicted octanol–water partition coefficient (Wildman–Crippen LogP) is 2.64. The molecule has 0 bridgehead atoms. The lowest BCUT2D eigenvalue weighted by molar-refractivity contribution is -0.138. The van der Waals surface area contributed by atoms with E-state index in [0.717, 1.165) is 0 Å². The van der Waals surface area contributed by atoms with Crippen LogP contribution >= 0.6 is 11.8 Å². The molecule has 0 unspecified atom stereocenters. The number of carbonyl (C=O) groups is 1. The summed E-state index contributed by atoms with van der Waals surface area (Å²) in [5.41, 5.74) is 0. The van der Waals surface area contributed by atoms with E-state index in [1.807, 2.05) is 0 Å². The second kappa shape index (κ2) is 3.83. The molecule has 0 atom stereocenters. The van der Waals surface area contributed by atoms with Crippen molar-refractivity contribution in [1.82, 2.24) is 0 Å². The SMILES string of the molecule is [2H]C([2H])([2H])C(Sc1ccccc1)(C(=O)O)C([2H])([2H])[2H]. The van der Waals surface area contributed by atoms with Gasteiger partial charge in [0, 0.05) is 13.1 Å². The number of hydrogen-bond acceptors (Lipinski definition) is 2. The molecule has 0 aromatic heterocycles. The van der Waals surface area contributed by atoms with Gasteiger partial charge < -0.3 is 5.11 Å². The zero-order chi connectivity index (χ0) is 14.9. The molecule has 2 nitrogen and oxygen atoms in total. The molecule has 0 saturated heterocycles. The molecule has 0 fully saturated rings. The zero-order valence-electron chi connectivity index (χ0n) is 12.7. The van der Waals surface area contributed by atoms with Crippen molar-refractivity contribution in [1.29, 1.82) is 0 Å². The second-order valence-corrected chi connectivity index (χ2v) is 3.69. The molecule has 0 heterocycles. The number of hydrogen-bond donors (Lipinski definition) is 1. The molecule has 1 aromatic carbocycles. The maximum Gasteiger partial charge on any atom is 0.319 e. The summed E-state index contributed by atoms with van der Waals surface area (Å²) in [6.07, 6.45) is 0. The highest BCUT2D eigenvalue weighted by atomic mass is 32.2. The maximum absolute atomic E-state index is 11.4. The van der Waals surface area contributed by atoms with Crippen LogP contribution in [-0.4, -0.2) is 15.8 Å². The summed E-state index contributed by atoms with van der Waals surface area (Å²) >= 11 is 0.334. The van der Waals surface area contributed by atoms with Crippen LogP contribution in [0, 0.1) is 0 Å². The summed E-state index contributed by atoms with van der Waals surface area (Å²) in [5.74, 6) is -1.87. The van der Waals surface area contributed by atoms with Gasteiger partial charge in [0.05, 0.1) is 0 Å². The molecular weight excluding hydrogens is 184 g/mol. The fourth-order valence-electron chi connectivity index (χ4n) is 0.709. The minimum atomic E-state index is -3.18. The third-order valence-electron chi connectivity index (χ3n) is 1.32. The quantitative estimate of drug-likeness (QED) is 0.766. The summed E-state index contributed by atoms with van der Waals surface area (Å²) in [7, 11) is 0. The fourth-order valence-corrected chi connectivity index (χ4v) is 1.44. The van der Waals surface area contributed by atoms with Gasteiger partial charge in [-0.3, -0.25) is 4.79 Å². The van der Waals surface area contributed by atoms with E-state index in [-0.39, 0.29) is 4.90 Å². The summed E-state index contributed by atoms with van der Waals surface area (Å²) < 4.78 is 41.2. The molecule has 0 aliphatic carbocycles. The van der Waals surface area contributed by atoms with Crippen LogP contribution in [0.4, 0.5) is 0 Å². The van der Waals surface area contributed by atoms with Crippen molar-refractivity contribution >= 4 is 17.7 Å². The lowest BCUT2D eigenvalue weighted by atomic mass is 10.2. The number of carboxylic acid groups (broad SMARTS) is 1. The maximum atomic E-state index is 11.4. The highest BCUT2D eigenvalue weighted by molar-refractivity contribution is 8.01. The van der Waals surface area contributed by atoms with Gasteiger partial charge in [0.25, 0.3) is 0 Å². The molecule has 13 heavy (non-hydrogen) atoms. The lowest BCUT2D eigenvalue weighted by Gasteiger charge is -2.17. The van der Waals surface area contributed by atoms with Crippen molar-refractivity contribution in [2.24, 2.45) is 0 Å². The molecule has 0 radical (unpaired) electrons. The number of aliphatic carboxylic acids is 1. The summed E-state index contributed by atoms with van der Waals surface area (Å²) in [6, 6.07) is 7.76. The van der Waals surface area contributed by atoms with Crippen molar-refractivity contribution in [3.8, 4) is 0 Å². The monoisotopic (exact) mass is 202 g/mol. The first-order valence-electron chi connectivity index (χ1n) is 6.50. The molecule has 0 aliphatic heterocycles. The largest absolute Gasteiger partial charge is 0.480 e. The number of benzene rings is 1. The van der Waals surface area contributed by atoms with Crippen LogP contribution < -0.4 is 0 Å². The first-order valence-corrected chi connectivity index (χ1v) is 4.31. The standard InChI is InChI=1S/C10H12O2S/c1-10(2,9(11)12)13-8-6-4-3-5-7-8/h3-7H,1-2H3,(H,11,12)/i1D3,2D3.